The van der Waals surface area contributed by atoms with Gasteiger partial charge in [-0.1, -0.05) is 36.5 Å². The van der Waals surface area contributed by atoms with Crippen molar-refractivity contribution in [1.29, 1.82) is 5.26 Å². The Morgan fingerprint density at radius 1 is 1.18 bits per heavy atom. The van der Waals surface area contributed by atoms with Gasteiger partial charge in [0.25, 0.3) is 0 Å². The monoisotopic (exact) mass is 470 g/mol. The van der Waals surface area contributed by atoms with E-state index in [1.807, 2.05) is 30.3 Å². The quantitative estimate of drug-likeness (QED) is 0.463. The van der Waals surface area contributed by atoms with Gasteiger partial charge in [-0.3, -0.25) is 5.32 Å². The number of hydrogen-bond acceptors (Lipinski definition) is 7. The summed E-state index contributed by atoms with van der Waals surface area (Å²) in [6.07, 6.45) is 2.38. The van der Waals surface area contributed by atoms with Gasteiger partial charge in [0.05, 0.1) is 46.6 Å². The minimum Gasteiger partial charge on any atom is -0.378 e. The van der Waals surface area contributed by atoms with Crippen molar-refractivity contribution in [2.45, 2.75) is 13.3 Å². The van der Waals surface area contributed by atoms with E-state index < -0.39 is 0 Å². The number of urea groups is 1. The molecule has 9 heteroatoms. The Kier molecular flexibility index (Phi) is 6.16. The van der Waals surface area contributed by atoms with Crippen molar-refractivity contribution in [3.05, 3.63) is 60.0 Å². The first-order valence-electron chi connectivity index (χ1n) is 11.1. The Balaban J connectivity index is 1.59. The lowest BCUT2D eigenvalue weighted by atomic mass is 10.0. The zero-order chi connectivity index (χ0) is 23.5. The number of rotatable bonds is 4. The molecule has 4 aromatic rings. The number of nitrogens with one attached hydrogen (secondary N) is 1. The second-order valence-electron chi connectivity index (χ2n) is 7.82. The standard InChI is InChI=1S/C25H22N6O2S/c1-2-20-19-13-18(6-7-21(19)28-15-27-20)23-22(17-5-3-4-16(12-17)14-26)29-24(34-23)30-25(32)31-8-10-33-11-9-31/h3-7,12-13,15H,2,8-11H2,1H3,(H,29,30,32). The third-order valence-electron chi connectivity index (χ3n) is 5.72. The minimum atomic E-state index is -0.193. The molecular weight excluding hydrogens is 448 g/mol. The molecular formula is C25H22N6O2S. The molecule has 8 nitrogen and oxygen atoms in total. The van der Waals surface area contributed by atoms with Crippen LogP contribution in [0.4, 0.5) is 9.93 Å². The number of fused-ring (bicyclic) bond motifs is 1. The summed E-state index contributed by atoms with van der Waals surface area (Å²) in [7, 11) is 0. The van der Waals surface area contributed by atoms with Crippen molar-refractivity contribution < 1.29 is 9.53 Å². The fourth-order valence-electron chi connectivity index (χ4n) is 3.97. The fourth-order valence-corrected chi connectivity index (χ4v) is 4.94. The van der Waals surface area contributed by atoms with Gasteiger partial charge >= 0.3 is 6.03 Å². The van der Waals surface area contributed by atoms with Gasteiger partial charge in [-0.05, 0) is 36.2 Å². The van der Waals surface area contributed by atoms with Crippen LogP contribution in [0.15, 0.2) is 48.8 Å². The maximum atomic E-state index is 12.8. The van der Waals surface area contributed by atoms with Crippen molar-refractivity contribution >= 4 is 33.4 Å². The lowest BCUT2D eigenvalue weighted by Gasteiger charge is -2.26. The lowest BCUT2D eigenvalue weighted by molar-refractivity contribution is 0.0564. The summed E-state index contributed by atoms with van der Waals surface area (Å²) in [5.74, 6) is 0. The number of aromatic nitrogens is 3. The van der Waals surface area contributed by atoms with Crippen molar-refractivity contribution in [2.24, 2.45) is 0 Å². The molecule has 0 saturated carbocycles. The number of ether oxygens (including phenoxy) is 1. The molecule has 3 heterocycles. The first-order valence-corrected chi connectivity index (χ1v) is 11.9. The molecule has 5 rings (SSSR count). The van der Waals surface area contributed by atoms with Crippen LogP contribution in [0.1, 0.15) is 18.2 Å². The topological polar surface area (TPSA) is 104 Å². The van der Waals surface area contributed by atoms with Crippen molar-refractivity contribution in [3.8, 4) is 27.8 Å². The third kappa shape index (κ3) is 4.33. The van der Waals surface area contributed by atoms with Crippen LogP contribution in [0.5, 0.6) is 0 Å². The maximum absolute atomic E-state index is 12.8. The Labute approximate surface area is 200 Å². The normalized spacial score (nSPS) is 13.6. The second kappa shape index (κ2) is 9.55. The van der Waals surface area contributed by atoms with Crippen LogP contribution >= 0.6 is 11.3 Å². The molecule has 2 amide bonds. The molecule has 34 heavy (non-hydrogen) atoms. The highest BCUT2D eigenvalue weighted by molar-refractivity contribution is 7.19. The van der Waals surface area contributed by atoms with Crippen LogP contribution in [-0.2, 0) is 11.2 Å². The van der Waals surface area contributed by atoms with E-state index in [1.165, 1.54) is 11.3 Å². The maximum Gasteiger partial charge on any atom is 0.323 e. The third-order valence-corrected chi connectivity index (χ3v) is 6.74. The highest BCUT2D eigenvalue weighted by atomic mass is 32.1. The Hall–Kier alpha value is -3.87. The summed E-state index contributed by atoms with van der Waals surface area (Å²) in [5.41, 5.74) is 4.90. The molecule has 0 aliphatic carbocycles. The first kappa shape index (κ1) is 21.9. The molecule has 1 saturated heterocycles. The van der Waals surface area contributed by atoms with Gasteiger partial charge in [0.1, 0.15) is 6.33 Å². The molecule has 1 aliphatic rings. The van der Waals surface area contributed by atoms with Gasteiger partial charge in [0.2, 0.25) is 0 Å². The van der Waals surface area contributed by atoms with E-state index in [1.54, 1.807) is 17.3 Å². The average Bonchev–Trinajstić information content (AvgIpc) is 3.32. The molecule has 0 spiro atoms. The number of thiazole rings is 1. The molecule has 0 bridgehead atoms. The number of aryl methyl sites for hydroxylation is 1. The molecule has 1 aliphatic heterocycles. The molecule has 2 aromatic carbocycles. The number of nitrogens with zero attached hydrogens (tertiary/aromatic N) is 5. The summed E-state index contributed by atoms with van der Waals surface area (Å²) in [5, 5.41) is 13.8. The SMILES string of the molecule is CCc1ncnc2ccc(-c3sc(NC(=O)N4CCOCC4)nc3-c3cccc(C#N)c3)cc12. The van der Waals surface area contributed by atoms with E-state index in [0.29, 0.717) is 42.7 Å². The number of morpholine rings is 1. The highest BCUT2D eigenvalue weighted by Crippen LogP contribution is 2.40. The van der Waals surface area contributed by atoms with Crippen LogP contribution < -0.4 is 5.32 Å². The number of nitriles is 1. The predicted octanol–water partition coefficient (Wildman–Crippen LogP) is 4.72. The smallest absolute Gasteiger partial charge is 0.323 e. The summed E-state index contributed by atoms with van der Waals surface area (Å²) >= 11 is 1.41. The number of amides is 2. The number of anilines is 1. The van der Waals surface area contributed by atoms with Crippen molar-refractivity contribution in [2.75, 3.05) is 31.6 Å². The van der Waals surface area contributed by atoms with Gasteiger partial charge in [-0.2, -0.15) is 5.26 Å². The van der Waals surface area contributed by atoms with E-state index in [0.717, 1.165) is 39.0 Å². The van der Waals surface area contributed by atoms with Crippen LogP contribution in [0.2, 0.25) is 0 Å². The zero-order valence-corrected chi connectivity index (χ0v) is 19.4. The van der Waals surface area contributed by atoms with Crippen LogP contribution in [-0.4, -0.2) is 52.2 Å². The second-order valence-corrected chi connectivity index (χ2v) is 8.82. The fraction of sp³-hybridized carbons (Fsp3) is 0.240. The van der Waals surface area contributed by atoms with Gasteiger partial charge < -0.3 is 9.64 Å². The van der Waals surface area contributed by atoms with E-state index >= 15 is 0 Å². The summed E-state index contributed by atoms with van der Waals surface area (Å²) in [6.45, 7) is 4.22. The minimum absolute atomic E-state index is 0.193. The molecule has 170 valence electrons. The molecule has 1 fully saturated rings. The van der Waals surface area contributed by atoms with E-state index in [-0.39, 0.29) is 6.03 Å². The van der Waals surface area contributed by atoms with Crippen LogP contribution in [0.3, 0.4) is 0 Å². The Morgan fingerprint density at radius 2 is 2.03 bits per heavy atom. The van der Waals surface area contributed by atoms with Gasteiger partial charge in [0, 0.05) is 24.0 Å². The van der Waals surface area contributed by atoms with Crippen molar-refractivity contribution in [1.82, 2.24) is 19.9 Å². The molecule has 2 aromatic heterocycles. The molecule has 1 N–H and O–H groups in total. The zero-order valence-electron chi connectivity index (χ0n) is 18.6. The van der Waals surface area contributed by atoms with E-state index in [4.69, 9.17) is 9.72 Å². The summed E-state index contributed by atoms with van der Waals surface area (Å²) in [6, 6.07) is 15.4. The lowest BCUT2D eigenvalue weighted by Crippen LogP contribution is -2.43. The van der Waals surface area contributed by atoms with Crippen LogP contribution in [0, 0.1) is 11.3 Å². The van der Waals surface area contributed by atoms with Crippen LogP contribution in [0.25, 0.3) is 32.6 Å². The average molecular weight is 471 g/mol. The summed E-state index contributed by atoms with van der Waals surface area (Å²) in [4.78, 5) is 29.0. The molecule has 0 atom stereocenters. The highest BCUT2D eigenvalue weighted by Gasteiger charge is 2.21. The largest absolute Gasteiger partial charge is 0.378 e. The van der Waals surface area contributed by atoms with E-state index in [9.17, 15) is 10.1 Å². The molecule has 0 radical (unpaired) electrons. The Bertz CT molecular complexity index is 1400. The number of carbonyl (C=O) groups is 1. The summed E-state index contributed by atoms with van der Waals surface area (Å²) < 4.78 is 5.34. The van der Waals surface area contributed by atoms with Gasteiger partial charge in [-0.25, -0.2) is 19.7 Å². The van der Waals surface area contributed by atoms with Gasteiger partial charge in [-0.15, -0.1) is 0 Å². The number of hydrogen-bond donors (Lipinski definition) is 1. The number of carbonyl (C=O) groups excluding carboxylic acids is 1. The van der Waals surface area contributed by atoms with E-state index in [2.05, 4.69) is 34.3 Å². The first-order chi connectivity index (χ1) is 16.7. The Morgan fingerprint density at radius 3 is 2.82 bits per heavy atom. The number of benzene rings is 2. The molecule has 0 unspecified atom stereocenters. The predicted molar refractivity (Wildman–Crippen MR) is 132 cm³/mol. The van der Waals surface area contributed by atoms with Crippen molar-refractivity contribution in [3.63, 3.8) is 0 Å². The van der Waals surface area contributed by atoms with Gasteiger partial charge in [0.15, 0.2) is 5.13 Å².